The van der Waals surface area contributed by atoms with Crippen LogP contribution >= 0.6 is 0 Å². The molecule has 0 heterocycles. The van der Waals surface area contributed by atoms with Gasteiger partial charge in [-0.2, -0.15) is 0 Å². The van der Waals surface area contributed by atoms with Gasteiger partial charge in [0.25, 0.3) is 11.6 Å². The maximum atomic E-state index is 12.2. The molecule has 1 rings (SSSR count). The molecule has 130 valence electrons. The van der Waals surface area contributed by atoms with Crippen LogP contribution in [0.3, 0.4) is 0 Å². The maximum Gasteiger partial charge on any atom is 0.413 e. The topological polar surface area (TPSA) is 128 Å². The third-order valence-electron chi connectivity index (χ3n) is 2.96. The van der Waals surface area contributed by atoms with E-state index in [2.05, 4.69) is 4.74 Å². The van der Waals surface area contributed by atoms with Crippen LogP contribution in [0.5, 0.6) is 0 Å². The van der Waals surface area contributed by atoms with E-state index in [1.54, 1.807) is 19.0 Å². The van der Waals surface area contributed by atoms with Gasteiger partial charge in [0, 0.05) is 26.2 Å². The zero-order valence-electron chi connectivity index (χ0n) is 13.6. The van der Waals surface area contributed by atoms with Gasteiger partial charge in [0.15, 0.2) is 6.10 Å². The third kappa shape index (κ3) is 4.66. The molecule has 1 atom stereocenters. The van der Waals surface area contributed by atoms with Crippen LogP contribution in [0.15, 0.2) is 18.2 Å². The molecule has 0 saturated carbocycles. The van der Waals surface area contributed by atoms with E-state index < -0.39 is 29.0 Å². The van der Waals surface area contributed by atoms with E-state index in [0.717, 1.165) is 13.2 Å². The van der Waals surface area contributed by atoms with Crippen LogP contribution in [0.2, 0.25) is 0 Å². The highest BCUT2D eigenvalue weighted by molar-refractivity contribution is 6.00. The number of non-ortho nitro benzene ring substituents is 1. The second-order valence-corrected chi connectivity index (χ2v) is 4.88. The van der Waals surface area contributed by atoms with Gasteiger partial charge >= 0.3 is 12.1 Å². The molecule has 0 aliphatic rings. The fraction of sp³-hybridized carbons (Fsp3) is 0.357. The van der Waals surface area contributed by atoms with Crippen LogP contribution in [0.25, 0.3) is 0 Å². The number of esters is 1. The van der Waals surface area contributed by atoms with E-state index in [1.165, 1.54) is 19.1 Å². The minimum absolute atomic E-state index is 0.0769. The molecule has 1 N–H and O–H groups in total. The predicted molar refractivity (Wildman–Crippen MR) is 82.8 cm³/mol. The van der Waals surface area contributed by atoms with Crippen molar-refractivity contribution in [2.75, 3.05) is 26.1 Å². The van der Waals surface area contributed by atoms with Crippen molar-refractivity contribution in [3.05, 3.63) is 33.9 Å². The molecular formula is C14H17N3O7. The summed E-state index contributed by atoms with van der Waals surface area (Å²) in [5.74, 6) is -1.82. The largest absolute Gasteiger partial charge is 0.453 e. The first-order valence-electron chi connectivity index (χ1n) is 6.73. The summed E-state index contributed by atoms with van der Waals surface area (Å²) in [4.78, 5) is 46.7. The Morgan fingerprint density at radius 1 is 1.29 bits per heavy atom. The van der Waals surface area contributed by atoms with Crippen LogP contribution in [-0.2, 0) is 14.3 Å². The Balaban J connectivity index is 3.01. The van der Waals surface area contributed by atoms with Crippen molar-refractivity contribution in [2.24, 2.45) is 0 Å². The number of nitro groups is 1. The molecule has 0 bridgehead atoms. The second-order valence-electron chi connectivity index (χ2n) is 4.88. The first-order chi connectivity index (χ1) is 11.2. The molecule has 24 heavy (non-hydrogen) atoms. The SMILES string of the molecule is COC(=O)NC(=O)[C@H](C)OC(=O)c1cc([N+](=O)[O-])ccc1N(C)C. The smallest absolute Gasteiger partial charge is 0.413 e. The molecule has 0 saturated heterocycles. The van der Waals surface area contributed by atoms with Crippen LogP contribution in [-0.4, -0.2) is 50.2 Å². The van der Waals surface area contributed by atoms with Crippen LogP contribution < -0.4 is 10.2 Å². The summed E-state index contributed by atoms with van der Waals surface area (Å²) >= 11 is 0. The summed E-state index contributed by atoms with van der Waals surface area (Å²) in [5, 5.41) is 12.7. The van der Waals surface area contributed by atoms with E-state index >= 15 is 0 Å². The Morgan fingerprint density at radius 3 is 2.42 bits per heavy atom. The highest BCUT2D eigenvalue weighted by Crippen LogP contribution is 2.25. The lowest BCUT2D eigenvalue weighted by molar-refractivity contribution is -0.384. The highest BCUT2D eigenvalue weighted by atomic mass is 16.6. The predicted octanol–water partition coefficient (Wildman–Crippen LogP) is 1.09. The molecule has 1 aromatic carbocycles. The summed E-state index contributed by atoms with van der Waals surface area (Å²) in [7, 11) is 4.36. The number of nitro benzene ring substituents is 1. The molecule has 2 amide bonds. The van der Waals surface area contributed by atoms with E-state index in [4.69, 9.17) is 4.74 Å². The van der Waals surface area contributed by atoms with Gasteiger partial charge in [0.1, 0.15) is 0 Å². The number of amides is 2. The standard InChI is InChI=1S/C14H17N3O7/c1-8(12(18)15-14(20)23-4)24-13(19)10-7-9(17(21)22)5-6-11(10)16(2)3/h5-8H,1-4H3,(H,15,18,20)/t8-/m0/s1. The number of hydrogen-bond acceptors (Lipinski definition) is 8. The Hall–Kier alpha value is -3.17. The number of nitrogens with zero attached hydrogens (tertiary/aromatic N) is 2. The Labute approximate surface area is 137 Å². The summed E-state index contributed by atoms with van der Waals surface area (Å²) in [6.45, 7) is 1.25. The highest BCUT2D eigenvalue weighted by Gasteiger charge is 2.24. The zero-order chi connectivity index (χ0) is 18.4. The third-order valence-corrected chi connectivity index (χ3v) is 2.96. The maximum absolute atomic E-state index is 12.2. The van der Waals surface area contributed by atoms with E-state index in [0.29, 0.717) is 5.69 Å². The molecule has 1 aromatic rings. The average molecular weight is 339 g/mol. The van der Waals surface area contributed by atoms with Gasteiger partial charge in [0.2, 0.25) is 0 Å². The fourth-order valence-electron chi connectivity index (χ4n) is 1.72. The summed E-state index contributed by atoms with van der Waals surface area (Å²) < 4.78 is 9.22. The van der Waals surface area contributed by atoms with Crippen molar-refractivity contribution in [3.8, 4) is 0 Å². The summed E-state index contributed by atoms with van der Waals surface area (Å²) in [5.41, 5.74) is 0.0114. The van der Waals surface area contributed by atoms with E-state index in [-0.39, 0.29) is 11.3 Å². The quantitative estimate of drug-likeness (QED) is 0.479. The van der Waals surface area contributed by atoms with Gasteiger partial charge in [-0.3, -0.25) is 20.2 Å². The lowest BCUT2D eigenvalue weighted by Gasteiger charge is -2.18. The summed E-state index contributed by atoms with van der Waals surface area (Å²) in [6, 6.07) is 3.70. The molecule has 0 fully saturated rings. The van der Waals surface area contributed by atoms with Crippen molar-refractivity contribution in [3.63, 3.8) is 0 Å². The van der Waals surface area contributed by atoms with Crippen molar-refractivity contribution >= 4 is 29.3 Å². The van der Waals surface area contributed by atoms with Gasteiger partial charge in [-0.25, -0.2) is 9.59 Å². The van der Waals surface area contributed by atoms with Crippen LogP contribution in [0, 0.1) is 10.1 Å². The van der Waals surface area contributed by atoms with Gasteiger partial charge in [-0.05, 0) is 13.0 Å². The Kier molecular flexibility index (Phi) is 6.22. The lowest BCUT2D eigenvalue weighted by Crippen LogP contribution is -2.39. The Bertz CT molecular complexity index is 672. The molecule has 0 unspecified atom stereocenters. The number of anilines is 1. The molecule has 0 aromatic heterocycles. The fourth-order valence-corrected chi connectivity index (χ4v) is 1.72. The monoisotopic (exact) mass is 339 g/mol. The van der Waals surface area contributed by atoms with E-state index in [9.17, 15) is 24.5 Å². The van der Waals surface area contributed by atoms with Crippen molar-refractivity contribution in [1.82, 2.24) is 5.32 Å². The van der Waals surface area contributed by atoms with Gasteiger partial charge in [-0.1, -0.05) is 0 Å². The number of carbonyl (C=O) groups excluding carboxylic acids is 3. The zero-order valence-corrected chi connectivity index (χ0v) is 13.6. The lowest BCUT2D eigenvalue weighted by atomic mass is 10.1. The molecule has 10 heteroatoms. The number of hydrogen-bond donors (Lipinski definition) is 1. The molecular weight excluding hydrogens is 322 g/mol. The van der Waals surface area contributed by atoms with Crippen molar-refractivity contribution in [1.29, 1.82) is 0 Å². The van der Waals surface area contributed by atoms with Crippen molar-refractivity contribution < 1.29 is 28.8 Å². The number of alkyl carbamates (subject to hydrolysis) is 1. The number of carbonyl (C=O) groups is 3. The number of imide groups is 1. The number of rotatable bonds is 5. The number of nitrogens with one attached hydrogen (secondary N) is 1. The van der Waals surface area contributed by atoms with Crippen LogP contribution in [0.4, 0.5) is 16.2 Å². The first kappa shape index (κ1) is 18.9. The first-order valence-corrected chi connectivity index (χ1v) is 6.73. The Morgan fingerprint density at radius 2 is 1.92 bits per heavy atom. The number of ether oxygens (including phenoxy) is 2. The normalized spacial score (nSPS) is 11.2. The van der Waals surface area contributed by atoms with Gasteiger partial charge < -0.3 is 14.4 Å². The average Bonchev–Trinajstić information content (AvgIpc) is 2.53. The van der Waals surface area contributed by atoms with Crippen molar-refractivity contribution in [2.45, 2.75) is 13.0 Å². The van der Waals surface area contributed by atoms with Gasteiger partial charge in [-0.15, -0.1) is 0 Å². The molecule has 10 nitrogen and oxygen atoms in total. The minimum Gasteiger partial charge on any atom is -0.453 e. The van der Waals surface area contributed by atoms with Gasteiger partial charge in [0.05, 0.1) is 23.3 Å². The molecule has 0 spiro atoms. The number of benzene rings is 1. The molecule has 0 aliphatic heterocycles. The number of methoxy groups -OCH3 is 1. The minimum atomic E-state index is -1.30. The molecule has 0 radical (unpaired) electrons. The molecule has 0 aliphatic carbocycles. The van der Waals surface area contributed by atoms with Crippen LogP contribution in [0.1, 0.15) is 17.3 Å². The summed E-state index contributed by atoms with van der Waals surface area (Å²) in [6.07, 6.45) is -2.29. The van der Waals surface area contributed by atoms with E-state index in [1.807, 2.05) is 5.32 Å². The second kappa shape index (κ2) is 7.90.